The van der Waals surface area contributed by atoms with E-state index in [0.29, 0.717) is 6.54 Å². The lowest BCUT2D eigenvalue weighted by Gasteiger charge is -2.05. The fourth-order valence-electron chi connectivity index (χ4n) is 1.78. The van der Waals surface area contributed by atoms with E-state index in [9.17, 15) is 4.79 Å². The average Bonchev–Trinajstić information content (AvgIpc) is 2.51. The minimum atomic E-state index is -0.425. The molecule has 21 heavy (non-hydrogen) atoms. The number of rotatable bonds is 5. The Kier molecular flexibility index (Phi) is 5.52. The lowest BCUT2D eigenvalue weighted by Crippen LogP contribution is -2.24. The maximum absolute atomic E-state index is 11.5. The molecule has 0 saturated heterocycles. The smallest absolute Gasteiger partial charge is 0.407 e. The summed E-state index contributed by atoms with van der Waals surface area (Å²) in [6.45, 7) is 2.68. The monoisotopic (exact) mass is 282 g/mol. The highest BCUT2D eigenvalue weighted by Crippen LogP contribution is 2.03. The summed E-state index contributed by atoms with van der Waals surface area (Å²) in [6.07, 6.45) is 6.93. The van der Waals surface area contributed by atoms with Crippen LogP contribution in [0.2, 0.25) is 0 Å². The number of aromatic nitrogens is 1. The molecule has 0 atom stereocenters. The number of hydrogen-bond donors (Lipinski definition) is 1. The van der Waals surface area contributed by atoms with Crippen molar-refractivity contribution in [1.82, 2.24) is 10.3 Å². The van der Waals surface area contributed by atoms with Gasteiger partial charge in [0.1, 0.15) is 6.61 Å². The highest BCUT2D eigenvalue weighted by atomic mass is 16.5. The molecule has 4 nitrogen and oxygen atoms in total. The van der Waals surface area contributed by atoms with Crippen LogP contribution in [-0.2, 0) is 11.3 Å². The van der Waals surface area contributed by atoms with E-state index < -0.39 is 6.09 Å². The van der Waals surface area contributed by atoms with Gasteiger partial charge in [-0.3, -0.25) is 4.98 Å². The van der Waals surface area contributed by atoms with Crippen LogP contribution in [-0.4, -0.2) is 17.6 Å². The normalized spacial score (nSPS) is 10.5. The molecular formula is C17H18N2O2. The van der Waals surface area contributed by atoms with Gasteiger partial charge < -0.3 is 10.1 Å². The maximum atomic E-state index is 11.5. The number of ether oxygens (including phenoxy) is 1. The van der Waals surface area contributed by atoms with Gasteiger partial charge in [-0.1, -0.05) is 42.5 Å². The van der Waals surface area contributed by atoms with Crippen LogP contribution in [0.4, 0.5) is 4.79 Å². The van der Waals surface area contributed by atoms with Crippen molar-refractivity contribution in [3.8, 4) is 0 Å². The number of carbonyl (C=O) groups is 1. The standard InChI is InChI=1S/C17H18N2O2/c1-14-10-16(12-18-11-14)8-5-9-19-17(20)21-13-15-6-3-2-4-7-15/h2-8,10-12H,9,13H2,1H3,(H,19,20). The predicted molar refractivity (Wildman–Crippen MR) is 82.6 cm³/mol. The molecule has 108 valence electrons. The molecule has 1 aromatic carbocycles. The van der Waals surface area contributed by atoms with E-state index >= 15 is 0 Å². The zero-order chi connectivity index (χ0) is 14.9. The Hall–Kier alpha value is -2.62. The second kappa shape index (κ2) is 7.85. The number of amides is 1. The van der Waals surface area contributed by atoms with Crippen LogP contribution < -0.4 is 5.32 Å². The number of aryl methyl sites for hydroxylation is 1. The lowest BCUT2D eigenvalue weighted by atomic mass is 10.2. The Balaban J connectivity index is 1.69. The minimum Gasteiger partial charge on any atom is -0.445 e. The highest BCUT2D eigenvalue weighted by molar-refractivity contribution is 5.67. The molecule has 0 bridgehead atoms. The van der Waals surface area contributed by atoms with Crippen LogP contribution in [0.1, 0.15) is 16.7 Å². The molecule has 0 aliphatic heterocycles. The third kappa shape index (κ3) is 5.48. The molecular weight excluding hydrogens is 264 g/mol. The molecule has 1 heterocycles. The number of pyridine rings is 1. The summed E-state index contributed by atoms with van der Waals surface area (Å²) in [5.74, 6) is 0. The third-order valence-corrected chi connectivity index (χ3v) is 2.78. The quantitative estimate of drug-likeness (QED) is 0.915. The topological polar surface area (TPSA) is 51.2 Å². The van der Waals surface area contributed by atoms with Gasteiger partial charge in [0, 0.05) is 18.9 Å². The van der Waals surface area contributed by atoms with Gasteiger partial charge >= 0.3 is 6.09 Å². The molecule has 0 unspecified atom stereocenters. The van der Waals surface area contributed by atoms with Crippen molar-refractivity contribution >= 4 is 12.2 Å². The van der Waals surface area contributed by atoms with Crippen molar-refractivity contribution in [3.63, 3.8) is 0 Å². The van der Waals surface area contributed by atoms with Crippen molar-refractivity contribution < 1.29 is 9.53 Å². The van der Waals surface area contributed by atoms with Gasteiger partial charge in [-0.2, -0.15) is 0 Å². The highest BCUT2D eigenvalue weighted by Gasteiger charge is 2.00. The van der Waals surface area contributed by atoms with Crippen LogP contribution in [0.15, 0.2) is 54.9 Å². The van der Waals surface area contributed by atoms with Gasteiger partial charge in [-0.05, 0) is 29.7 Å². The van der Waals surface area contributed by atoms with Crippen molar-refractivity contribution in [2.75, 3.05) is 6.54 Å². The fraction of sp³-hybridized carbons (Fsp3) is 0.176. The number of benzene rings is 1. The molecule has 2 rings (SSSR count). The number of nitrogens with zero attached hydrogens (tertiary/aromatic N) is 1. The molecule has 0 radical (unpaired) electrons. The number of carbonyl (C=O) groups excluding carboxylic acids is 1. The summed E-state index contributed by atoms with van der Waals surface area (Å²) in [5.41, 5.74) is 3.08. The summed E-state index contributed by atoms with van der Waals surface area (Å²) < 4.78 is 5.10. The largest absolute Gasteiger partial charge is 0.445 e. The summed E-state index contributed by atoms with van der Waals surface area (Å²) in [7, 11) is 0. The molecule has 0 saturated carbocycles. The van der Waals surface area contributed by atoms with Crippen LogP contribution in [0.5, 0.6) is 0 Å². The van der Waals surface area contributed by atoms with Gasteiger partial charge in [0.15, 0.2) is 0 Å². The lowest BCUT2D eigenvalue weighted by molar-refractivity contribution is 0.141. The van der Waals surface area contributed by atoms with Gasteiger partial charge in [-0.15, -0.1) is 0 Å². The zero-order valence-electron chi connectivity index (χ0n) is 12.0. The summed E-state index contributed by atoms with van der Waals surface area (Å²) >= 11 is 0. The Labute approximate surface area is 124 Å². The second-order valence-corrected chi connectivity index (χ2v) is 4.64. The molecule has 4 heteroatoms. The summed E-state index contributed by atoms with van der Waals surface area (Å²) in [5, 5.41) is 2.67. The first-order valence-electron chi connectivity index (χ1n) is 6.77. The number of hydrogen-bond acceptors (Lipinski definition) is 3. The van der Waals surface area contributed by atoms with E-state index in [1.165, 1.54) is 0 Å². The van der Waals surface area contributed by atoms with Gasteiger partial charge in [-0.25, -0.2) is 4.79 Å². The zero-order valence-corrected chi connectivity index (χ0v) is 12.0. The number of nitrogens with one attached hydrogen (secondary N) is 1. The van der Waals surface area contributed by atoms with Gasteiger partial charge in [0.05, 0.1) is 0 Å². The van der Waals surface area contributed by atoms with Crippen molar-refractivity contribution in [3.05, 3.63) is 71.6 Å². The van der Waals surface area contributed by atoms with Crippen LogP contribution in [0, 0.1) is 6.92 Å². The SMILES string of the molecule is Cc1cncc(C=CCNC(=O)OCc2ccccc2)c1. The maximum Gasteiger partial charge on any atom is 0.407 e. The molecule has 1 amide bonds. The summed E-state index contributed by atoms with van der Waals surface area (Å²) in [4.78, 5) is 15.6. The van der Waals surface area contributed by atoms with E-state index in [0.717, 1.165) is 16.7 Å². The number of alkyl carbamates (subject to hydrolysis) is 1. The summed E-state index contributed by atoms with van der Waals surface area (Å²) in [6, 6.07) is 11.6. The van der Waals surface area contributed by atoms with Crippen LogP contribution in [0.3, 0.4) is 0 Å². The van der Waals surface area contributed by atoms with E-state index in [2.05, 4.69) is 10.3 Å². The van der Waals surface area contributed by atoms with E-state index in [-0.39, 0.29) is 6.61 Å². The fourth-order valence-corrected chi connectivity index (χ4v) is 1.78. The Morgan fingerprint density at radius 1 is 1.29 bits per heavy atom. The molecule has 0 spiro atoms. The molecule has 0 aliphatic carbocycles. The Morgan fingerprint density at radius 3 is 2.86 bits per heavy atom. The first kappa shape index (κ1) is 14.8. The first-order valence-corrected chi connectivity index (χ1v) is 6.77. The van der Waals surface area contributed by atoms with Crippen LogP contribution >= 0.6 is 0 Å². The average molecular weight is 282 g/mol. The molecule has 1 aromatic heterocycles. The van der Waals surface area contributed by atoms with Crippen molar-refractivity contribution in [2.45, 2.75) is 13.5 Å². The minimum absolute atomic E-state index is 0.276. The van der Waals surface area contributed by atoms with E-state index in [4.69, 9.17) is 4.74 Å². The van der Waals surface area contributed by atoms with Gasteiger partial charge in [0.2, 0.25) is 0 Å². The predicted octanol–water partition coefficient (Wildman–Crippen LogP) is 3.33. The molecule has 0 aliphatic rings. The molecule has 2 aromatic rings. The molecule has 0 fully saturated rings. The van der Waals surface area contributed by atoms with Crippen molar-refractivity contribution in [1.29, 1.82) is 0 Å². The van der Waals surface area contributed by atoms with Gasteiger partial charge in [0.25, 0.3) is 0 Å². The molecule has 1 N–H and O–H groups in total. The Bertz CT molecular complexity index is 609. The second-order valence-electron chi connectivity index (χ2n) is 4.64. The van der Waals surface area contributed by atoms with E-state index in [1.807, 2.05) is 55.5 Å². The first-order chi connectivity index (χ1) is 10.2. The Morgan fingerprint density at radius 2 is 2.10 bits per heavy atom. The van der Waals surface area contributed by atoms with Crippen LogP contribution in [0.25, 0.3) is 6.08 Å². The van der Waals surface area contributed by atoms with E-state index in [1.54, 1.807) is 12.4 Å². The van der Waals surface area contributed by atoms with Crippen molar-refractivity contribution in [2.24, 2.45) is 0 Å². The third-order valence-electron chi connectivity index (χ3n) is 2.78.